The topological polar surface area (TPSA) is 187 Å². The third kappa shape index (κ3) is 4.43. The first kappa shape index (κ1) is 30.1. The van der Waals surface area contributed by atoms with E-state index in [0.717, 1.165) is 0 Å². The Bertz CT molecular complexity index is 1610. The highest BCUT2D eigenvalue weighted by atomic mass is 16.3. The number of aliphatic hydroxyl groups is 1. The molecule has 6 atom stereocenters. The molecule has 5 N–H and O–H groups in total. The van der Waals surface area contributed by atoms with E-state index < -0.39 is 64.4 Å². The summed E-state index contributed by atoms with van der Waals surface area (Å²) in [7, 11) is 6.63. The zero-order valence-electron chi connectivity index (χ0n) is 24.5. The Labute approximate surface area is 247 Å². The molecule has 0 bridgehead atoms. The molecule has 2 unspecified atom stereocenters. The molecule has 226 valence electrons. The number of primary amides is 1. The number of carbonyl (C=O) groups is 6. The largest absolute Gasteiger partial charge is 0.507 e. The van der Waals surface area contributed by atoms with Crippen molar-refractivity contribution in [3.8, 4) is 16.9 Å². The van der Waals surface area contributed by atoms with Crippen molar-refractivity contribution in [1.82, 2.24) is 4.90 Å². The molecule has 5 rings (SSSR count). The third-order valence-corrected chi connectivity index (χ3v) is 9.01. The summed E-state index contributed by atoms with van der Waals surface area (Å²) >= 11 is 0. The zero-order chi connectivity index (χ0) is 31.7. The monoisotopic (exact) mass is 590 g/mol. The SMILES string of the molecule is CC(=O)Nc1cccc(-c2cc(N(C)C)c3c(c2O)C(=O)C2C(=O)[C@]4(O)C(=O)C(C(N)=O)C(=O)[C@@H](N(C)C)[C@@H]4C[C@@H]2C3)c1. The fourth-order valence-corrected chi connectivity index (χ4v) is 7.24. The lowest BCUT2D eigenvalue weighted by molar-refractivity contribution is -0.181. The Morgan fingerprint density at radius 2 is 1.72 bits per heavy atom. The second-order valence-electron chi connectivity index (χ2n) is 12.1. The molecule has 12 heteroatoms. The molecule has 2 aromatic rings. The van der Waals surface area contributed by atoms with E-state index in [1.54, 1.807) is 63.4 Å². The first-order chi connectivity index (χ1) is 20.1. The van der Waals surface area contributed by atoms with Gasteiger partial charge in [0.05, 0.1) is 17.5 Å². The summed E-state index contributed by atoms with van der Waals surface area (Å²) < 4.78 is 0. The number of likely N-dealkylation sites (N-methyl/N-ethyl adjacent to an activating group) is 1. The third-order valence-electron chi connectivity index (χ3n) is 9.01. The maximum absolute atomic E-state index is 14.2. The van der Waals surface area contributed by atoms with Gasteiger partial charge in [0.2, 0.25) is 11.8 Å². The van der Waals surface area contributed by atoms with Crippen LogP contribution in [0.5, 0.6) is 5.75 Å². The van der Waals surface area contributed by atoms with Crippen molar-refractivity contribution < 1.29 is 39.0 Å². The summed E-state index contributed by atoms with van der Waals surface area (Å²) in [4.78, 5) is 82.1. The van der Waals surface area contributed by atoms with Crippen LogP contribution in [0, 0.1) is 23.7 Å². The van der Waals surface area contributed by atoms with E-state index in [2.05, 4.69) is 5.32 Å². The lowest BCUT2D eigenvalue weighted by atomic mass is 9.52. The van der Waals surface area contributed by atoms with Gasteiger partial charge in [0.1, 0.15) is 5.75 Å². The number of hydrogen-bond acceptors (Lipinski definition) is 10. The highest BCUT2D eigenvalue weighted by Crippen LogP contribution is 2.53. The minimum Gasteiger partial charge on any atom is -0.507 e. The molecular weight excluding hydrogens is 556 g/mol. The number of aromatic hydroxyl groups is 1. The van der Waals surface area contributed by atoms with Crippen LogP contribution in [0.2, 0.25) is 0 Å². The number of anilines is 2. The number of nitrogens with zero attached hydrogens (tertiary/aromatic N) is 2. The van der Waals surface area contributed by atoms with Gasteiger partial charge in [-0.05, 0) is 62.2 Å². The van der Waals surface area contributed by atoms with E-state index in [1.165, 1.54) is 11.8 Å². The van der Waals surface area contributed by atoms with Gasteiger partial charge in [0.25, 0.3) is 0 Å². The van der Waals surface area contributed by atoms with Gasteiger partial charge in [-0.25, -0.2) is 0 Å². The fraction of sp³-hybridized carbons (Fsp3) is 0.419. The summed E-state index contributed by atoms with van der Waals surface area (Å²) in [5.74, 6) is -11.3. The van der Waals surface area contributed by atoms with Crippen LogP contribution in [-0.2, 0) is 30.4 Å². The molecule has 3 aliphatic carbocycles. The highest BCUT2D eigenvalue weighted by Gasteiger charge is 2.69. The minimum atomic E-state index is -2.79. The summed E-state index contributed by atoms with van der Waals surface area (Å²) in [5.41, 5.74) is 4.85. The number of ketones is 4. The lowest BCUT2D eigenvalue weighted by Crippen LogP contribution is -2.74. The van der Waals surface area contributed by atoms with Gasteiger partial charge >= 0.3 is 0 Å². The number of fused-ring (bicyclic) bond motifs is 3. The zero-order valence-corrected chi connectivity index (χ0v) is 24.5. The second kappa shape index (κ2) is 10.4. The van der Waals surface area contributed by atoms with Crippen molar-refractivity contribution in [3.63, 3.8) is 0 Å². The number of hydrogen-bond donors (Lipinski definition) is 4. The molecular formula is C31H34N4O8. The molecule has 0 aliphatic heterocycles. The molecule has 43 heavy (non-hydrogen) atoms. The van der Waals surface area contributed by atoms with E-state index in [1.807, 2.05) is 0 Å². The number of benzene rings is 2. The molecule has 0 heterocycles. The number of rotatable bonds is 5. The van der Waals surface area contributed by atoms with Gasteiger partial charge in [-0.2, -0.15) is 0 Å². The van der Waals surface area contributed by atoms with Crippen LogP contribution in [0.4, 0.5) is 11.4 Å². The summed E-state index contributed by atoms with van der Waals surface area (Å²) in [6, 6.07) is 7.25. The van der Waals surface area contributed by atoms with Crippen LogP contribution in [0.3, 0.4) is 0 Å². The van der Waals surface area contributed by atoms with E-state index in [9.17, 15) is 39.0 Å². The van der Waals surface area contributed by atoms with Gasteiger partial charge in [0.15, 0.2) is 34.7 Å². The maximum Gasteiger partial charge on any atom is 0.235 e. The summed E-state index contributed by atoms with van der Waals surface area (Å²) in [5, 5.41) is 26.0. The van der Waals surface area contributed by atoms with Crippen LogP contribution in [0.1, 0.15) is 29.3 Å². The number of nitrogens with one attached hydrogen (secondary N) is 1. The number of nitrogens with two attached hydrogens (primary N) is 1. The molecule has 0 spiro atoms. The number of phenolic OH excluding ortho intramolecular Hbond substituents is 1. The van der Waals surface area contributed by atoms with E-state index >= 15 is 0 Å². The molecule has 2 saturated carbocycles. The smallest absolute Gasteiger partial charge is 0.235 e. The average Bonchev–Trinajstić information content (AvgIpc) is 2.90. The van der Waals surface area contributed by atoms with Gasteiger partial charge in [-0.15, -0.1) is 0 Å². The van der Waals surface area contributed by atoms with Crippen molar-refractivity contribution in [2.45, 2.75) is 31.4 Å². The number of carbonyl (C=O) groups excluding carboxylic acids is 6. The van der Waals surface area contributed by atoms with Crippen molar-refractivity contribution in [1.29, 1.82) is 0 Å². The first-order valence-corrected chi connectivity index (χ1v) is 13.9. The number of phenols is 1. The van der Waals surface area contributed by atoms with Crippen LogP contribution in [0.25, 0.3) is 11.1 Å². The second-order valence-corrected chi connectivity index (χ2v) is 12.1. The Morgan fingerprint density at radius 3 is 2.30 bits per heavy atom. The molecule has 3 aliphatic rings. The summed E-state index contributed by atoms with van der Waals surface area (Å²) in [6.45, 7) is 1.36. The predicted octanol–water partition coefficient (Wildman–Crippen LogP) is 0.558. The predicted molar refractivity (Wildman–Crippen MR) is 155 cm³/mol. The normalized spacial score (nSPS) is 28.2. The molecule has 2 aromatic carbocycles. The van der Waals surface area contributed by atoms with E-state index in [4.69, 9.17) is 5.73 Å². The van der Waals surface area contributed by atoms with Crippen LogP contribution < -0.4 is 16.0 Å². The van der Waals surface area contributed by atoms with Gasteiger partial charge in [0, 0.05) is 43.9 Å². The standard InChI is InChI=1S/C31H34N4O8/c1-13(36)33-16-8-6-7-14(9-16)17-12-20(34(2)3)18-10-15-11-19-24(35(4)5)27(39)23(30(32)42)29(41)31(19,43)28(40)21(15)26(38)22(18)25(17)37/h6-9,12,15,19,21,23-24,37,43H,10-11H2,1-5H3,(H2,32,42)(H,33,36)/t15-,19-,21?,23?,24-,31-/m0/s1. The molecule has 2 amide bonds. The van der Waals surface area contributed by atoms with Crippen molar-refractivity contribution in [3.05, 3.63) is 41.5 Å². The van der Waals surface area contributed by atoms with Gasteiger partial charge in [-0.3, -0.25) is 33.7 Å². The molecule has 0 aromatic heterocycles. The van der Waals surface area contributed by atoms with Crippen molar-refractivity contribution >= 4 is 46.3 Å². The van der Waals surface area contributed by atoms with Crippen LogP contribution >= 0.6 is 0 Å². The quantitative estimate of drug-likeness (QED) is 0.358. The minimum absolute atomic E-state index is 0.0297. The molecule has 0 saturated heterocycles. The van der Waals surface area contributed by atoms with Gasteiger partial charge < -0.3 is 26.2 Å². The van der Waals surface area contributed by atoms with Crippen molar-refractivity contribution in [2.75, 3.05) is 38.4 Å². The lowest BCUT2D eigenvalue weighted by Gasteiger charge is -2.52. The van der Waals surface area contributed by atoms with E-state index in [0.29, 0.717) is 22.5 Å². The van der Waals surface area contributed by atoms with Crippen LogP contribution in [-0.4, -0.2) is 89.9 Å². The first-order valence-electron chi connectivity index (χ1n) is 13.9. The Kier molecular flexibility index (Phi) is 7.26. The number of amides is 2. The highest BCUT2D eigenvalue weighted by molar-refractivity contribution is 6.32. The Hall–Kier alpha value is -4.42. The van der Waals surface area contributed by atoms with E-state index in [-0.39, 0.29) is 35.6 Å². The average molecular weight is 591 g/mol. The Balaban J connectivity index is 1.67. The Morgan fingerprint density at radius 1 is 1.05 bits per heavy atom. The maximum atomic E-state index is 14.2. The van der Waals surface area contributed by atoms with Gasteiger partial charge in [-0.1, -0.05) is 12.1 Å². The molecule has 12 nitrogen and oxygen atoms in total. The molecule has 0 radical (unpaired) electrons. The fourth-order valence-electron chi connectivity index (χ4n) is 7.24. The summed E-state index contributed by atoms with van der Waals surface area (Å²) in [6.07, 6.45) is 0.122. The number of Topliss-reactive ketones (excluding diaryl/α,β-unsaturated/α-hetero) is 4. The van der Waals surface area contributed by atoms with Crippen LogP contribution in [0.15, 0.2) is 30.3 Å². The van der Waals surface area contributed by atoms with Crippen molar-refractivity contribution in [2.24, 2.45) is 29.4 Å². The molecule has 2 fully saturated rings.